The Morgan fingerprint density at radius 1 is 1.37 bits per heavy atom. The highest BCUT2D eigenvalue weighted by atomic mass is 35.5. The van der Waals surface area contributed by atoms with E-state index in [2.05, 4.69) is 20.6 Å². The third-order valence-electron chi connectivity index (χ3n) is 2.41. The van der Waals surface area contributed by atoms with Crippen LogP contribution in [0.25, 0.3) is 0 Å². The second-order valence-electron chi connectivity index (χ2n) is 3.78. The number of nitrogens with one attached hydrogen (secondary N) is 2. The minimum absolute atomic E-state index is 0.462. The third kappa shape index (κ3) is 3.48. The molecular weight excluding hydrogens is 264 g/mol. The van der Waals surface area contributed by atoms with E-state index in [1.165, 1.54) is 0 Å². The molecule has 2 rings (SSSR count). The Bertz CT molecular complexity index is 562. The van der Waals surface area contributed by atoms with Gasteiger partial charge in [0.25, 0.3) is 0 Å². The van der Waals surface area contributed by atoms with Gasteiger partial charge in [-0.05, 0) is 19.1 Å². The molecule has 0 radical (unpaired) electrons. The van der Waals surface area contributed by atoms with Crippen LogP contribution in [0.5, 0.6) is 5.75 Å². The summed E-state index contributed by atoms with van der Waals surface area (Å²) in [6, 6.07) is 7.54. The lowest BCUT2D eigenvalue weighted by Crippen LogP contribution is -2.04. The monoisotopic (exact) mass is 278 g/mol. The van der Waals surface area contributed by atoms with Gasteiger partial charge in [-0.15, -0.1) is 0 Å². The Morgan fingerprint density at radius 3 is 2.95 bits per heavy atom. The molecule has 0 amide bonds. The van der Waals surface area contributed by atoms with Crippen LogP contribution < -0.4 is 15.4 Å². The summed E-state index contributed by atoms with van der Waals surface area (Å²) in [6.07, 6.45) is 1.56. The van der Waals surface area contributed by atoms with Crippen LogP contribution in [0.4, 0.5) is 17.5 Å². The quantitative estimate of drug-likeness (QED) is 0.879. The summed E-state index contributed by atoms with van der Waals surface area (Å²) < 4.78 is 5.17. The highest BCUT2D eigenvalue weighted by Gasteiger charge is 2.06. The Morgan fingerprint density at radius 2 is 2.21 bits per heavy atom. The fourth-order valence-corrected chi connectivity index (χ4v) is 1.67. The van der Waals surface area contributed by atoms with Crippen molar-refractivity contribution in [1.29, 1.82) is 0 Å². The number of rotatable bonds is 5. The fourth-order valence-electron chi connectivity index (χ4n) is 1.54. The van der Waals surface area contributed by atoms with Gasteiger partial charge in [-0.1, -0.05) is 17.7 Å². The zero-order chi connectivity index (χ0) is 13.7. The van der Waals surface area contributed by atoms with E-state index in [-0.39, 0.29) is 0 Å². The Labute approximate surface area is 117 Å². The first-order chi connectivity index (χ1) is 9.22. The molecule has 0 fully saturated rings. The molecule has 0 saturated heterocycles. The molecule has 1 aromatic carbocycles. The van der Waals surface area contributed by atoms with E-state index < -0.39 is 0 Å². The maximum absolute atomic E-state index is 6.07. The van der Waals surface area contributed by atoms with E-state index in [1.54, 1.807) is 13.3 Å². The Balaban J connectivity index is 2.23. The lowest BCUT2D eigenvalue weighted by Gasteiger charge is -2.10. The van der Waals surface area contributed by atoms with Gasteiger partial charge in [0.15, 0.2) is 5.82 Å². The number of aromatic nitrogens is 2. The van der Waals surface area contributed by atoms with Gasteiger partial charge in [-0.25, -0.2) is 4.98 Å². The van der Waals surface area contributed by atoms with Crippen LogP contribution in [0.3, 0.4) is 0 Å². The lowest BCUT2D eigenvalue weighted by atomic mass is 10.3. The predicted molar refractivity (Wildman–Crippen MR) is 77.5 cm³/mol. The average Bonchev–Trinajstić information content (AvgIpc) is 2.43. The fraction of sp³-hybridized carbons (Fsp3) is 0.231. The van der Waals surface area contributed by atoms with Gasteiger partial charge in [0.1, 0.15) is 10.8 Å². The summed E-state index contributed by atoms with van der Waals surface area (Å²) >= 11 is 6.07. The number of hydrogen-bond acceptors (Lipinski definition) is 5. The predicted octanol–water partition coefficient (Wildman–Crippen LogP) is 3.31. The number of methoxy groups -OCH3 is 1. The number of hydrogen-bond donors (Lipinski definition) is 2. The third-order valence-corrected chi connectivity index (χ3v) is 2.69. The first-order valence-electron chi connectivity index (χ1n) is 5.90. The highest BCUT2D eigenvalue weighted by molar-refractivity contribution is 6.32. The molecule has 6 heteroatoms. The maximum Gasteiger partial charge on any atom is 0.224 e. The van der Waals surface area contributed by atoms with E-state index in [1.807, 2.05) is 31.2 Å². The molecule has 5 nitrogen and oxygen atoms in total. The van der Waals surface area contributed by atoms with E-state index in [0.717, 1.165) is 18.0 Å². The van der Waals surface area contributed by atoms with Crippen molar-refractivity contribution in [2.75, 3.05) is 24.3 Å². The molecule has 0 unspecified atom stereocenters. The van der Waals surface area contributed by atoms with E-state index in [4.69, 9.17) is 16.3 Å². The minimum atomic E-state index is 0.462. The zero-order valence-corrected chi connectivity index (χ0v) is 11.5. The van der Waals surface area contributed by atoms with Gasteiger partial charge in [-0.2, -0.15) is 4.98 Å². The van der Waals surface area contributed by atoms with Crippen LogP contribution in [-0.2, 0) is 0 Å². The molecule has 2 N–H and O–H groups in total. The molecule has 1 heterocycles. The van der Waals surface area contributed by atoms with Crippen molar-refractivity contribution in [2.45, 2.75) is 6.92 Å². The molecule has 0 bridgehead atoms. The molecule has 0 saturated carbocycles. The van der Waals surface area contributed by atoms with Crippen molar-refractivity contribution < 1.29 is 4.74 Å². The number of nitrogens with zero attached hydrogens (tertiary/aromatic N) is 2. The molecule has 0 atom stereocenters. The average molecular weight is 279 g/mol. The molecule has 0 aliphatic carbocycles. The first kappa shape index (κ1) is 13.4. The topological polar surface area (TPSA) is 59.1 Å². The van der Waals surface area contributed by atoms with Crippen LogP contribution >= 0.6 is 11.6 Å². The van der Waals surface area contributed by atoms with Crippen molar-refractivity contribution in [1.82, 2.24) is 9.97 Å². The smallest absolute Gasteiger partial charge is 0.224 e. The summed E-state index contributed by atoms with van der Waals surface area (Å²) in [5, 5.41) is 6.64. The second-order valence-corrected chi connectivity index (χ2v) is 4.18. The van der Waals surface area contributed by atoms with Gasteiger partial charge in [0.05, 0.1) is 13.3 Å². The van der Waals surface area contributed by atoms with E-state index in [9.17, 15) is 0 Å². The lowest BCUT2D eigenvalue weighted by molar-refractivity contribution is 0.415. The van der Waals surface area contributed by atoms with Gasteiger partial charge in [0, 0.05) is 18.3 Å². The minimum Gasteiger partial charge on any atom is -0.497 e. The summed E-state index contributed by atoms with van der Waals surface area (Å²) in [4.78, 5) is 8.39. The van der Waals surface area contributed by atoms with Crippen molar-refractivity contribution in [3.63, 3.8) is 0 Å². The van der Waals surface area contributed by atoms with Gasteiger partial charge in [-0.3, -0.25) is 0 Å². The van der Waals surface area contributed by atoms with Crippen LogP contribution in [0, 0.1) is 0 Å². The SMILES string of the molecule is CCNc1ncc(Cl)c(Nc2cccc(OC)c2)n1. The van der Waals surface area contributed by atoms with E-state index >= 15 is 0 Å². The molecule has 0 spiro atoms. The normalized spacial score (nSPS) is 10.1. The first-order valence-corrected chi connectivity index (χ1v) is 6.28. The van der Waals surface area contributed by atoms with Crippen LogP contribution in [0.1, 0.15) is 6.92 Å². The number of halogens is 1. The van der Waals surface area contributed by atoms with Crippen LogP contribution in [0.15, 0.2) is 30.5 Å². The van der Waals surface area contributed by atoms with Crippen molar-refractivity contribution in [3.8, 4) is 5.75 Å². The summed E-state index contributed by atoms with van der Waals surface area (Å²) in [5.41, 5.74) is 0.849. The van der Waals surface area contributed by atoms with Gasteiger partial charge >= 0.3 is 0 Å². The molecular formula is C13H15ClN4O. The van der Waals surface area contributed by atoms with Crippen molar-refractivity contribution in [2.24, 2.45) is 0 Å². The molecule has 0 aliphatic rings. The second kappa shape index (κ2) is 6.24. The number of ether oxygens (including phenoxy) is 1. The van der Waals surface area contributed by atoms with Gasteiger partial charge in [0.2, 0.25) is 5.95 Å². The number of anilines is 3. The number of benzene rings is 1. The molecule has 1 aromatic heterocycles. The summed E-state index contributed by atoms with van der Waals surface area (Å²) in [5.74, 6) is 1.86. The molecule has 19 heavy (non-hydrogen) atoms. The zero-order valence-electron chi connectivity index (χ0n) is 10.8. The van der Waals surface area contributed by atoms with Crippen molar-refractivity contribution in [3.05, 3.63) is 35.5 Å². The Hall–Kier alpha value is -2.01. The summed E-state index contributed by atoms with van der Waals surface area (Å²) in [6.45, 7) is 2.73. The van der Waals surface area contributed by atoms with E-state index in [0.29, 0.717) is 16.8 Å². The van der Waals surface area contributed by atoms with Crippen LogP contribution in [0.2, 0.25) is 5.02 Å². The Kier molecular flexibility index (Phi) is 4.41. The molecule has 2 aromatic rings. The molecule has 0 aliphatic heterocycles. The maximum atomic E-state index is 6.07. The standard InChI is InChI=1S/C13H15ClN4O/c1-3-15-13-16-8-11(14)12(18-13)17-9-5-4-6-10(7-9)19-2/h4-8H,3H2,1-2H3,(H2,15,16,17,18). The highest BCUT2D eigenvalue weighted by Crippen LogP contribution is 2.25. The summed E-state index contributed by atoms with van der Waals surface area (Å²) in [7, 11) is 1.63. The largest absolute Gasteiger partial charge is 0.497 e. The van der Waals surface area contributed by atoms with Gasteiger partial charge < -0.3 is 15.4 Å². The van der Waals surface area contributed by atoms with Crippen molar-refractivity contribution >= 4 is 29.1 Å². The molecule has 100 valence electrons. The van der Waals surface area contributed by atoms with Crippen LogP contribution in [-0.4, -0.2) is 23.6 Å².